The molecule has 1 aromatic carbocycles. The summed E-state index contributed by atoms with van der Waals surface area (Å²) in [6.45, 7) is 2.28. The molecule has 2 aromatic rings. The summed E-state index contributed by atoms with van der Waals surface area (Å²) in [6.07, 6.45) is 3.02. The highest BCUT2D eigenvalue weighted by Crippen LogP contribution is 2.12. The third kappa shape index (κ3) is 4.81. The Kier molecular flexibility index (Phi) is 5.87. The molecule has 0 spiro atoms. The van der Waals surface area contributed by atoms with Gasteiger partial charge in [0.1, 0.15) is 11.5 Å². The van der Waals surface area contributed by atoms with Gasteiger partial charge in [-0.2, -0.15) is 0 Å². The minimum absolute atomic E-state index is 0.0302. The van der Waals surface area contributed by atoms with E-state index >= 15 is 0 Å². The van der Waals surface area contributed by atoms with Crippen molar-refractivity contribution in [3.8, 4) is 0 Å². The van der Waals surface area contributed by atoms with Gasteiger partial charge in [0.15, 0.2) is 0 Å². The Bertz CT molecular complexity index is 868. The molecule has 0 bridgehead atoms. The van der Waals surface area contributed by atoms with Crippen molar-refractivity contribution in [1.29, 1.82) is 0 Å². The molecule has 138 valence electrons. The van der Waals surface area contributed by atoms with Crippen molar-refractivity contribution in [2.24, 2.45) is 0 Å². The summed E-state index contributed by atoms with van der Waals surface area (Å²) in [5.74, 6) is 0.847. The monoisotopic (exact) mass is 376 g/mol. The largest absolute Gasteiger partial charge is 0.460 e. The van der Waals surface area contributed by atoms with E-state index in [0.29, 0.717) is 37.8 Å². The lowest BCUT2D eigenvalue weighted by molar-refractivity contribution is -0.129. The van der Waals surface area contributed by atoms with Crippen molar-refractivity contribution in [3.63, 3.8) is 0 Å². The van der Waals surface area contributed by atoms with E-state index in [-0.39, 0.29) is 17.3 Å². The third-order valence-electron chi connectivity index (χ3n) is 3.89. The highest BCUT2D eigenvalue weighted by molar-refractivity contribution is 7.89. The van der Waals surface area contributed by atoms with E-state index < -0.39 is 10.0 Å². The number of hydrogen-bond donors (Lipinski definition) is 1. The molecule has 1 N–H and O–H groups in total. The summed E-state index contributed by atoms with van der Waals surface area (Å²) < 4.78 is 37.6. The van der Waals surface area contributed by atoms with Gasteiger partial charge in [0, 0.05) is 19.2 Å². The van der Waals surface area contributed by atoms with Crippen LogP contribution in [0.5, 0.6) is 0 Å². The Morgan fingerprint density at radius 1 is 1.12 bits per heavy atom. The average molecular weight is 376 g/mol. The van der Waals surface area contributed by atoms with Crippen molar-refractivity contribution in [2.75, 3.05) is 26.3 Å². The van der Waals surface area contributed by atoms with Crippen LogP contribution in [-0.4, -0.2) is 45.5 Å². The van der Waals surface area contributed by atoms with Crippen LogP contribution in [0.4, 0.5) is 0 Å². The Balaban J connectivity index is 1.56. The summed E-state index contributed by atoms with van der Waals surface area (Å²) in [5.41, 5.74) is 0. The number of rotatable bonds is 6. The number of carbonyl (C=O) groups is 1. The Hall–Kier alpha value is -2.42. The van der Waals surface area contributed by atoms with Gasteiger partial charge in [-0.15, -0.1) is 0 Å². The quantitative estimate of drug-likeness (QED) is 0.774. The standard InChI is InChI=1S/C18H20N2O5S/c21-18(20-10-12-24-13-11-20)9-8-15-6-7-16(25-15)14-19-26(22,23)17-4-2-1-3-5-17/h1-9,19H,10-14H2. The zero-order valence-corrected chi connectivity index (χ0v) is 14.9. The Labute approximate surface area is 152 Å². The number of sulfonamides is 1. The normalized spacial score (nSPS) is 15.5. The molecule has 1 aliphatic heterocycles. The number of carbonyl (C=O) groups excluding carboxylic acids is 1. The molecule has 8 heteroatoms. The average Bonchev–Trinajstić information content (AvgIpc) is 3.14. The van der Waals surface area contributed by atoms with Gasteiger partial charge in [-0.1, -0.05) is 18.2 Å². The molecule has 7 nitrogen and oxygen atoms in total. The topological polar surface area (TPSA) is 88.8 Å². The highest BCUT2D eigenvalue weighted by Gasteiger charge is 2.15. The molecule has 2 heterocycles. The molecule has 26 heavy (non-hydrogen) atoms. The lowest BCUT2D eigenvalue weighted by Crippen LogP contribution is -2.39. The number of ether oxygens (including phenoxy) is 1. The van der Waals surface area contributed by atoms with Gasteiger partial charge in [0.2, 0.25) is 15.9 Å². The summed E-state index contributed by atoms with van der Waals surface area (Å²) in [7, 11) is -3.59. The molecule has 1 saturated heterocycles. The SMILES string of the molecule is O=C(C=Cc1ccc(CNS(=O)(=O)c2ccccc2)o1)N1CCOCC1. The lowest BCUT2D eigenvalue weighted by Gasteiger charge is -2.25. The smallest absolute Gasteiger partial charge is 0.246 e. The molecule has 3 rings (SSSR count). The maximum Gasteiger partial charge on any atom is 0.246 e. The van der Waals surface area contributed by atoms with E-state index in [1.54, 1.807) is 41.3 Å². The van der Waals surface area contributed by atoms with Gasteiger partial charge >= 0.3 is 0 Å². The number of nitrogens with zero attached hydrogens (tertiary/aromatic N) is 1. The van der Waals surface area contributed by atoms with Crippen LogP contribution in [0.3, 0.4) is 0 Å². The van der Waals surface area contributed by atoms with Crippen LogP contribution in [0.25, 0.3) is 6.08 Å². The van der Waals surface area contributed by atoms with Crippen LogP contribution in [0.2, 0.25) is 0 Å². The second-order valence-electron chi connectivity index (χ2n) is 5.71. The van der Waals surface area contributed by atoms with Gasteiger partial charge in [0.05, 0.1) is 24.7 Å². The summed E-state index contributed by atoms with van der Waals surface area (Å²) in [4.78, 5) is 13.9. The molecule has 0 radical (unpaired) electrons. The summed E-state index contributed by atoms with van der Waals surface area (Å²) >= 11 is 0. The zero-order valence-electron chi connectivity index (χ0n) is 14.1. The van der Waals surface area contributed by atoms with Crippen LogP contribution in [0.15, 0.2) is 57.9 Å². The van der Waals surface area contributed by atoms with Crippen molar-refractivity contribution in [1.82, 2.24) is 9.62 Å². The van der Waals surface area contributed by atoms with Gasteiger partial charge in [0.25, 0.3) is 0 Å². The molecule has 1 aliphatic rings. The molecule has 1 aromatic heterocycles. The number of nitrogens with one attached hydrogen (secondary N) is 1. The fourth-order valence-electron chi connectivity index (χ4n) is 2.47. The fourth-order valence-corrected chi connectivity index (χ4v) is 3.49. The first-order valence-corrected chi connectivity index (χ1v) is 9.71. The van der Waals surface area contributed by atoms with Crippen molar-refractivity contribution < 1.29 is 22.4 Å². The van der Waals surface area contributed by atoms with Crippen molar-refractivity contribution in [3.05, 3.63) is 60.1 Å². The molecule has 1 fully saturated rings. The van der Waals surface area contributed by atoms with E-state index in [1.165, 1.54) is 18.2 Å². The Morgan fingerprint density at radius 3 is 2.58 bits per heavy atom. The molecule has 1 amide bonds. The first kappa shape index (κ1) is 18.4. The zero-order chi connectivity index (χ0) is 18.4. The fraction of sp³-hybridized carbons (Fsp3) is 0.278. The second-order valence-corrected chi connectivity index (χ2v) is 7.48. The maximum atomic E-state index is 12.2. The Morgan fingerprint density at radius 2 is 1.85 bits per heavy atom. The van der Waals surface area contributed by atoms with Crippen molar-refractivity contribution >= 4 is 22.0 Å². The van der Waals surface area contributed by atoms with Crippen molar-refractivity contribution in [2.45, 2.75) is 11.4 Å². The highest BCUT2D eigenvalue weighted by atomic mass is 32.2. The number of morpholine rings is 1. The molecule has 0 atom stereocenters. The van der Waals surface area contributed by atoms with E-state index in [4.69, 9.17) is 9.15 Å². The molecule has 0 saturated carbocycles. The number of hydrogen-bond acceptors (Lipinski definition) is 5. The van der Waals surface area contributed by atoms with Gasteiger partial charge in [-0.3, -0.25) is 4.79 Å². The van der Waals surface area contributed by atoms with E-state index in [0.717, 1.165) is 0 Å². The first-order chi connectivity index (χ1) is 12.5. The van der Waals surface area contributed by atoms with E-state index in [1.807, 2.05) is 0 Å². The summed E-state index contributed by atoms with van der Waals surface area (Å²) in [5, 5.41) is 0. The van der Waals surface area contributed by atoms with Crippen LogP contribution in [0.1, 0.15) is 11.5 Å². The predicted octanol–water partition coefficient (Wildman–Crippen LogP) is 1.63. The van der Waals surface area contributed by atoms with Crippen LogP contribution in [0, 0.1) is 0 Å². The molecular formula is C18H20N2O5S. The van der Waals surface area contributed by atoms with E-state index in [9.17, 15) is 13.2 Å². The number of benzene rings is 1. The maximum absolute atomic E-state index is 12.2. The number of furan rings is 1. The molecule has 0 unspecified atom stereocenters. The van der Waals surface area contributed by atoms with Gasteiger partial charge < -0.3 is 14.1 Å². The third-order valence-corrected chi connectivity index (χ3v) is 5.30. The van der Waals surface area contributed by atoms with Gasteiger partial charge in [-0.05, 0) is 30.3 Å². The first-order valence-electron chi connectivity index (χ1n) is 8.23. The van der Waals surface area contributed by atoms with E-state index in [2.05, 4.69) is 4.72 Å². The van der Waals surface area contributed by atoms with Crippen LogP contribution >= 0.6 is 0 Å². The van der Waals surface area contributed by atoms with Crippen LogP contribution < -0.4 is 4.72 Å². The molecular weight excluding hydrogens is 356 g/mol. The summed E-state index contributed by atoms with van der Waals surface area (Å²) in [6, 6.07) is 11.5. The minimum Gasteiger partial charge on any atom is -0.460 e. The molecule has 0 aliphatic carbocycles. The second kappa shape index (κ2) is 8.31. The number of amides is 1. The van der Waals surface area contributed by atoms with Crippen LogP contribution in [-0.2, 0) is 26.1 Å². The lowest BCUT2D eigenvalue weighted by atomic mass is 10.3. The minimum atomic E-state index is -3.59. The van der Waals surface area contributed by atoms with Gasteiger partial charge in [-0.25, -0.2) is 13.1 Å². The predicted molar refractivity (Wildman–Crippen MR) is 95.6 cm³/mol.